The molecule has 0 aromatic heterocycles. The minimum absolute atomic E-state index is 0.366. The van der Waals surface area contributed by atoms with Crippen LogP contribution >= 0.6 is 0 Å². The van der Waals surface area contributed by atoms with Gasteiger partial charge in [-0.3, -0.25) is 4.90 Å². The van der Waals surface area contributed by atoms with Gasteiger partial charge >= 0.3 is 0 Å². The molecule has 2 nitrogen and oxygen atoms in total. The van der Waals surface area contributed by atoms with Crippen LogP contribution in [0.1, 0.15) is 58.8 Å². The summed E-state index contributed by atoms with van der Waals surface area (Å²) in [5.41, 5.74) is 6.40. The lowest BCUT2D eigenvalue weighted by atomic mass is 9.94. The summed E-state index contributed by atoms with van der Waals surface area (Å²) in [6.45, 7) is 7.89. The van der Waals surface area contributed by atoms with Crippen LogP contribution in [-0.4, -0.2) is 30.1 Å². The van der Waals surface area contributed by atoms with E-state index in [-0.39, 0.29) is 0 Å². The number of hydrogen-bond donors (Lipinski definition) is 1. The van der Waals surface area contributed by atoms with E-state index in [1.807, 2.05) is 0 Å². The van der Waals surface area contributed by atoms with E-state index in [2.05, 4.69) is 18.7 Å². The summed E-state index contributed by atoms with van der Waals surface area (Å²) in [6, 6.07) is 0. The third-order valence-electron chi connectivity index (χ3n) is 3.86. The monoisotopic (exact) mass is 212 g/mol. The first kappa shape index (κ1) is 13.0. The van der Waals surface area contributed by atoms with Crippen LogP contribution in [0.25, 0.3) is 0 Å². The Morgan fingerprint density at radius 2 is 1.73 bits per heavy atom. The summed E-state index contributed by atoms with van der Waals surface area (Å²) in [6.07, 6.45) is 9.28. The van der Waals surface area contributed by atoms with Gasteiger partial charge in [0.25, 0.3) is 0 Å². The van der Waals surface area contributed by atoms with Gasteiger partial charge < -0.3 is 5.73 Å². The third kappa shape index (κ3) is 3.18. The van der Waals surface area contributed by atoms with Crippen LogP contribution < -0.4 is 5.73 Å². The van der Waals surface area contributed by atoms with Gasteiger partial charge in [0.15, 0.2) is 0 Å². The van der Waals surface area contributed by atoms with Crippen molar-refractivity contribution >= 4 is 0 Å². The van der Waals surface area contributed by atoms with Crippen LogP contribution in [0.4, 0.5) is 0 Å². The SMILES string of the molecule is CCCCN(CCC)C1(CN)CCCC1. The summed E-state index contributed by atoms with van der Waals surface area (Å²) in [4.78, 5) is 2.68. The highest BCUT2D eigenvalue weighted by molar-refractivity contribution is 4.95. The molecule has 2 N–H and O–H groups in total. The van der Waals surface area contributed by atoms with Crippen LogP contribution in [0.5, 0.6) is 0 Å². The Balaban J connectivity index is 2.57. The molecule has 0 radical (unpaired) electrons. The molecule has 0 aromatic rings. The average Bonchev–Trinajstić information content (AvgIpc) is 2.74. The molecule has 90 valence electrons. The van der Waals surface area contributed by atoms with Gasteiger partial charge in [0.05, 0.1) is 0 Å². The quantitative estimate of drug-likeness (QED) is 0.703. The topological polar surface area (TPSA) is 29.3 Å². The van der Waals surface area contributed by atoms with E-state index in [1.165, 1.54) is 58.0 Å². The Kier molecular flexibility index (Phi) is 5.62. The molecule has 0 atom stereocenters. The molecule has 15 heavy (non-hydrogen) atoms. The standard InChI is InChI=1S/C13H28N2/c1-3-5-11-15(10-4-2)13(12-14)8-6-7-9-13/h3-12,14H2,1-2H3. The molecule has 0 heterocycles. The second kappa shape index (κ2) is 6.49. The molecule has 1 rings (SSSR count). The van der Waals surface area contributed by atoms with Gasteiger partial charge in [-0.2, -0.15) is 0 Å². The van der Waals surface area contributed by atoms with Crippen molar-refractivity contribution in [3.63, 3.8) is 0 Å². The van der Waals surface area contributed by atoms with Crippen molar-refractivity contribution in [1.82, 2.24) is 4.90 Å². The normalized spacial score (nSPS) is 20.0. The molecular weight excluding hydrogens is 184 g/mol. The van der Waals surface area contributed by atoms with Crippen LogP contribution in [0, 0.1) is 0 Å². The van der Waals surface area contributed by atoms with E-state index in [0.717, 1.165) is 6.54 Å². The second-order valence-electron chi connectivity index (χ2n) is 4.98. The Bertz CT molecular complexity index is 162. The Morgan fingerprint density at radius 1 is 1.07 bits per heavy atom. The lowest BCUT2D eigenvalue weighted by molar-refractivity contribution is 0.0969. The number of rotatable bonds is 7. The first-order chi connectivity index (χ1) is 7.29. The van der Waals surface area contributed by atoms with E-state index in [9.17, 15) is 0 Å². The molecule has 1 aliphatic carbocycles. The van der Waals surface area contributed by atoms with Crippen molar-refractivity contribution in [2.45, 2.75) is 64.3 Å². The summed E-state index contributed by atoms with van der Waals surface area (Å²) >= 11 is 0. The van der Waals surface area contributed by atoms with Crippen LogP contribution in [0.2, 0.25) is 0 Å². The number of nitrogens with two attached hydrogens (primary N) is 1. The van der Waals surface area contributed by atoms with E-state index in [4.69, 9.17) is 5.73 Å². The molecule has 0 amide bonds. The smallest absolute Gasteiger partial charge is 0.0331 e. The molecule has 0 aliphatic heterocycles. The lowest BCUT2D eigenvalue weighted by Gasteiger charge is -2.40. The zero-order valence-corrected chi connectivity index (χ0v) is 10.6. The molecule has 0 aromatic carbocycles. The van der Waals surface area contributed by atoms with Crippen molar-refractivity contribution in [2.24, 2.45) is 5.73 Å². The molecule has 0 bridgehead atoms. The summed E-state index contributed by atoms with van der Waals surface area (Å²) in [5.74, 6) is 0. The summed E-state index contributed by atoms with van der Waals surface area (Å²) in [5, 5.41) is 0. The van der Waals surface area contributed by atoms with Gasteiger partial charge in [0.2, 0.25) is 0 Å². The maximum Gasteiger partial charge on any atom is 0.0331 e. The number of hydrogen-bond acceptors (Lipinski definition) is 2. The fourth-order valence-electron chi connectivity index (χ4n) is 2.89. The molecule has 2 heteroatoms. The van der Waals surface area contributed by atoms with Crippen molar-refractivity contribution in [1.29, 1.82) is 0 Å². The van der Waals surface area contributed by atoms with Crippen molar-refractivity contribution in [3.8, 4) is 0 Å². The average molecular weight is 212 g/mol. The van der Waals surface area contributed by atoms with E-state index in [1.54, 1.807) is 0 Å². The largest absolute Gasteiger partial charge is 0.329 e. The molecule has 0 saturated heterocycles. The lowest BCUT2D eigenvalue weighted by Crippen LogP contribution is -2.52. The first-order valence-electron chi connectivity index (χ1n) is 6.74. The Hall–Kier alpha value is -0.0800. The van der Waals surface area contributed by atoms with Crippen LogP contribution in [0.15, 0.2) is 0 Å². The van der Waals surface area contributed by atoms with Crippen LogP contribution in [-0.2, 0) is 0 Å². The fraction of sp³-hybridized carbons (Fsp3) is 1.00. The van der Waals surface area contributed by atoms with Crippen molar-refractivity contribution in [3.05, 3.63) is 0 Å². The van der Waals surface area contributed by atoms with E-state index >= 15 is 0 Å². The Labute approximate surface area is 95.2 Å². The first-order valence-corrected chi connectivity index (χ1v) is 6.74. The molecule has 0 unspecified atom stereocenters. The Morgan fingerprint density at radius 3 is 2.20 bits per heavy atom. The van der Waals surface area contributed by atoms with Gasteiger partial charge in [-0.1, -0.05) is 33.1 Å². The van der Waals surface area contributed by atoms with Gasteiger partial charge in [0.1, 0.15) is 0 Å². The molecular formula is C13H28N2. The van der Waals surface area contributed by atoms with Gasteiger partial charge in [-0.25, -0.2) is 0 Å². The van der Waals surface area contributed by atoms with Crippen LogP contribution in [0.3, 0.4) is 0 Å². The zero-order chi connectivity index (χ0) is 11.1. The maximum atomic E-state index is 6.03. The minimum Gasteiger partial charge on any atom is -0.329 e. The fourth-order valence-corrected chi connectivity index (χ4v) is 2.89. The van der Waals surface area contributed by atoms with E-state index in [0.29, 0.717) is 5.54 Å². The number of unbranched alkanes of at least 4 members (excludes halogenated alkanes) is 1. The summed E-state index contributed by atoms with van der Waals surface area (Å²) < 4.78 is 0. The van der Waals surface area contributed by atoms with Gasteiger partial charge in [-0.05, 0) is 38.8 Å². The summed E-state index contributed by atoms with van der Waals surface area (Å²) in [7, 11) is 0. The van der Waals surface area contributed by atoms with Gasteiger partial charge in [0, 0.05) is 12.1 Å². The predicted octanol–water partition coefficient (Wildman–Crippen LogP) is 2.77. The molecule has 1 aliphatic rings. The molecule has 0 spiro atoms. The second-order valence-corrected chi connectivity index (χ2v) is 4.98. The molecule has 1 saturated carbocycles. The highest BCUT2D eigenvalue weighted by Gasteiger charge is 2.37. The minimum atomic E-state index is 0.366. The third-order valence-corrected chi connectivity index (χ3v) is 3.86. The zero-order valence-electron chi connectivity index (χ0n) is 10.6. The number of nitrogens with zero attached hydrogens (tertiary/aromatic N) is 1. The maximum absolute atomic E-state index is 6.03. The molecule has 1 fully saturated rings. The highest BCUT2D eigenvalue weighted by Crippen LogP contribution is 2.34. The van der Waals surface area contributed by atoms with Crippen molar-refractivity contribution in [2.75, 3.05) is 19.6 Å². The van der Waals surface area contributed by atoms with Crippen molar-refractivity contribution < 1.29 is 0 Å². The highest BCUT2D eigenvalue weighted by atomic mass is 15.2. The van der Waals surface area contributed by atoms with E-state index < -0.39 is 0 Å². The predicted molar refractivity (Wildman–Crippen MR) is 67.0 cm³/mol. The van der Waals surface area contributed by atoms with Gasteiger partial charge in [-0.15, -0.1) is 0 Å².